The SMILES string of the molecule is CN(C)S(=O)(=O)NC[C@H]1[C@H]2CN(Cc3ccc4c(c3)OCO4)C[C@]23CC[C@H]1O3. The van der Waals surface area contributed by atoms with Crippen molar-refractivity contribution in [3.63, 3.8) is 0 Å². The van der Waals surface area contributed by atoms with Crippen LogP contribution >= 0.6 is 0 Å². The number of nitrogens with one attached hydrogen (secondary N) is 1. The van der Waals surface area contributed by atoms with Crippen molar-refractivity contribution in [2.24, 2.45) is 11.8 Å². The van der Waals surface area contributed by atoms with Crippen LogP contribution in [0.25, 0.3) is 0 Å². The van der Waals surface area contributed by atoms with Crippen LogP contribution in [0.5, 0.6) is 11.5 Å². The van der Waals surface area contributed by atoms with E-state index in [1.165, 1.54) is 9.87 Å². The van der Waals surface area contributed by atoms with E-state index in [4.69, 9.17) is 14.2 Å². The zero-order valence-electron chi connectivity index (χ0n) is 16.3. The van der Waals surface area contributed by atoms with Gasteiger partial charge in [0.25, 0.3) is 10.2 Å². The van der Waals surface area contributed by atoms with Crippen LogP contribution in [0.2, 0.25) is 0 Å². The molecule has 1 spiro atoms. The van der Waals surface area contributed by atoms with Crippen molar-refractivity contribution in [1.29, 1.82) is 0 Å². The summed E-state index contributed by atoms with van der Waals surface area (Å²) in [5, 5.41) is 0. The number of hydrogen-bond acceptors (Lipinski definition) is 6. The minimum Gasteiger partial charge on any atom is -0.454 e. The second kappa shape index (κ2) is 6.56. The number of benzene rings is 1. The van der Waals surface area contributed by atoms with E-state index in [9.17, 15) is 8.42 Å². The van der Waals surface area contributed by atoms with E-state index in [-0.39, 0.29) is 24.4 Å². The normalized spacial score (nSPS) is 33.8. The lowest BCUT2D eigenvalue weighted by molar-refractivity contribution is 0.00219. The van der Waals surface area contributed by atoms with Gasteiger partial charge in [-0.15, -0.1) is 0 Å². The Morgan fingerprint density at radius 2 is 2.11 bits per heavy atom. The molecule has 0 aliphatic carbocycles. The number of ether oxygens (including phenoxy) is 3. The third kappa shape index (κ3) is 3.00. The molecule has 4 aliphatic heterocycles. The third-order valence-electron chi connectivity index (χ3n) is 6.68. The smallest absolute Gasteiger partial charge is 0.278 e. The highest BCUT2D eigenvalue weighted by Gasteiger charge is 2.62. The number of fused-ring (bicyclic) bond motifs is 2. The van der Waals surface area contributed by atoms with Crippen molar-refractivity contribution in [2.75, 3.05) is 40.5 Å². The fourth-order valence-corrected chi connectivity index (χ4v) is 5.97. The Morgan fingerprint density at radius 1 is 1.29 bits per heavy atom. The number of nitrogens with zero attached hydrogens (tertiary/aromatic N) is 2. The maximum Gasteiger partial charge on any atom is 0.278 e. The van der Waals surface area contributed by atoms with Gasteiger partial charge in [0, 0.05) is 52.1 Å². The van der Waals surface area contributed by atoms with Crippen LogP contribution in [0, 0.1) is 11.8 Å². The zero-order valence-corrected chi connectivity index (χ0v) is 17.1. The van der Waals surface area contributed by atoms with Crippen LogP contribution < -0.4 is 14.2 Å². The van der Waals surface area contributed by atoms with E-state index in [0.717, 1.165) is 44.0 Å². The Hall–Kier alpha value is -1.39. The predicted molar refractivity (Wildman–Crippen MR) is 102 cm³/mol. The van der Waals surface area contributed by atoms with Gasteiger partial charge in [0.1, 0.15) is 0 Å². The van der Waals surface area contributed by atoms with Gasteiger partial charge in [-0.3, -0.25) is 4.90 Å². The van der Waals surface area contributed by atoms with Crippen molar-refractivity contribution >= 4 is 10.2 Å². The zero-order chi connectivity index (χ0) is 19.5. The molecule has 2 bridgehead atoms. The summed E-state index contributed by atoms with van der Waals surface area (Å²) in [6, 6.07) is 6.10. The standard InChI is InChI=1S/C19H27N3O5S/c1-21(2)28(23,24)20-8-14-15-10-22(11-19(15)6-5-16(14)27-19)9-13-3-4-17-18(7-13)26-12-25-17/h3-4,7,14-16,20H,5-6,8-12H2,1-2H3/t14-,15+,16+,19+/m0/s1. The fourth-order valence-electron chi connectivity index (χ4n) is 5.31. The molecule has 0 amide bonds. The van der Waals surface area contributed by atoms with E-state index < -0.39 is 10.2 Å². The molecule has 154 valence electrons. The quantitative estimate of drug-likeness (QED) is 0.748. The highest BCUT2D eigenvalue weighted by atomic mass is 32.2. The van der Waals surface area contributed by atoms with Gasteiger partial charge in [-0.2, -0.15) is 12.7 Å². The maximum absolute atomic E-state index is 12.1. The molecule has 4 aliphatic rings. The topological polar surface area (TPSA) is 80.3 Å². The molecule has 0 unspecified atom stereocenters. The number of hydrogen-bond donors (Lipinski definition) is 1. The molecule has 28 heavy (non-hydrogen) atoms. The molecular weight excluding hydrogens is 382 g/mol. The van der Waals surface area contributed by atoms with Crippen LogP contribution in [-0.2, 0) is 21.5 Å². The summed E-state index contributed by atoms with van der Waals surface area (Å²) in [7, 11) is -0.322. The van der Waals surface area contributed by atoms with Crippen molar-refractivity contribution in [1.82, 2.24) is 13.9 Å². The van der Waals surface area contributed by atoms with E-state index in [2.05, 4.69) is 21.8 Å². The molecular formula is C19H27N3O5S. The lowest BCUT2D eigenvalue weighted by Crippen LogP contribution is -2.44. The Bertz CT molecular complexity index is 876. The molecule has 3 saturated heterocycles. The first-order valence-electron chi connectivity index (χ1n) is 9.82. The molecule has 1 aromatic rings. The van der Waals surface area contributed by atoms with Crippen LogP contribution in [0.15, 0.2) is 18.2 Å². The van der Waals surface area contributed by atoms with Gasteiger partial charge in [0.2, 0.25) is 6.79 Å². The minimum absolute atomic E-state index is 0.116. The van der Waals surface area contributed by atoms with Gasteiger partial charge in [-0.05, 0) is 30.5 Å². The molecule has 4 atom stereocenters. The van der Waals surface area contributed by atoms with Crippen LogP contribution in [0.1, 0.15) is 18.4 Å². The van der Waals surface area contributed by atoms with E-state index in [1.54, 1.807) is 14.1 Å². The largest absolute Gasteiger partial charge is 0.454 e. The summed E-state index contributed by atoms with van der Waals surface area (Å²) in [6.07, 6.45) is 2.25. The summed E-state index contributed by atoms with van der Waals surface area (Å²) in [5.74, 6) is 2.20. The fraction of sp³-hybridized carbons (Fsp3) is 0.684. The summed E-state index contributed by atoms with van der Waals surface area (Å²) >= 11 is 0. The molecule has 1 aromatic carbocycles. The molecule has 0 saturated carbocycles. The van der Waals surface area contributed by atoms with Gasteiger partial charge in [0.05, 0.1) is 11.7 Å². The van der Waals surface area contributed by atoms with E-state index >= 15 is 0 Å². The third-order valence-corrected chi connectivity index (χ3v) is 8.17. The molecule has 0 aromatic heterocycles. The van der Waals surface area contributed by atoms with Gasteiger partial charge < -0.3 is 14.2 Å². The Labute approximate surface area is 165 Å². The Kier molecular flexibility index (Phi) is 4.37. The van der Waals surface area contributed by atoms with E-state index in [0.29, 0.717) is 12.5 Å². The highest BCUT2D eigenvalue weighted by Crippen LogP contribution is 2.54. The van der Waals surface area contributed by atoms with Crippen LogP contribution in [0.4, 0.5) is 0 Å². The second-order valence-corrected chi connectivity index (χ2v) is 10.5. The first-order chi connectivity index (χ1) is 13.4. The number of rotatable bonds is 6. The molecule has 8 nitrogen and oxygen atoms in total. The van der Waals surface area contributed by atoms with Crippen LogP contribution in [-0.4, -0.2) is 69.9 Å². The predicted octanol–water partition coefficient (Wildman–Crippen LogP) is 0.791. The second-order valence-electron chi connectivity index (χ2n) is 8.52. The highest BCUT2D eigenvalue weighted by molar-refractivity contribution is 7.87. The molecule has 1 N–H and O–H groups in total. The number of likely N-dealkylation sites (tertiary alicyclic amines) is 1. The summed E-state index contributed by atoms with van der Waals surface area (Å²) in [6.45, 7) is 3.39. The summed E-state index contributed by atoms with van der Waals surface area (Å²) < 4.78 is 45.5. The van der Waals surface area contributed by atoms with Gasteiger partial charge in [0.15, 0.2) is 11.5 Å². The first-order valence-corrected chi connectivity index (χ1v) is 11.3. The van der Waals surface area contributed by atoms with Gasteiger partial charge >= 0.3 is 0 Å². The van der Waals surface area contributed by atoms with Gasteiger partial charge in [-0.1, -0.05) is 6.07 Å². The van der Waals surface area contributed by atoms with Crippen molar-refractivity contribution < 1.29 is 22.6 Å². The van der Waals surface area contributed by atoms with Gasteiger partial charge in [-0.25, -0.2) is 4.72 Å². The Balaban J connectivity index is 1.27. The molecule has 5 rings (SSSR count). The molecule has 0 radical (unpaired) electrons. The van der Waals surface area contributed by atoms with E-state index in [1.807, 2.05) is 6.07 Å². The average Bonchev–Trinajstić information content (AvgIpc) is 3.39. The minimum atomic E-state index is -3.41. The van der Waals surface area contributed by atoms with Crippen molar-refractivity contribution in [2.45, 2.75) is 31.1 Å². The lowest BCUT2D eigenvalue weighted by Gasteiger charge is -2.29. The first kappa shape index (κ1) is 18.6. The molecule has 4 heterocycles. The van der Waals surface area contributed by atoms with Crippen LogP contribution in [0.3, 0.4) is 0 Å². The maximum atomic E-state index is 12.1. The average molecular weight is 410 g/mol. The van der Waals surface area contributed by atoms with Crippen molar-refractivity contribution in [3.05, 3.63) is 23.8 Å². The lowest BCUT2D eigenvalue weighted by atomic mass is 9.74. The molecule has 9 heteroatoms. The molecule has 3 fully saturated rings. The summed E-state index contributed by atoms with van der Waals surface area (Å²) in [4.78, 5) is 2.43. The Morgan fingerprint density at radius 3 is 2.93 bits per heavy atom. The monoisotopic (exact) mass is 409 g/mol. The van der Waals surface area contributed by atoms with Crippen molar-refractivity contribution in [3.8, 4) is 11.5 Å². The summed E-state index contributed by atoms with van der Waals surface area (Å²) in [5.41, 5.74) is 1.08.